The first-order valence-electron chi connectivity index (χ1n) is 7.11. The predicted octanol–water partition coefficient (Wildman–Crippen LogP) is 2.10. The molecule has 0 radical (unpaired) electrons. The normalized spacial score (nSPS) is 20.6. The Hall–Kier alpha value is -1.68. The number of carbonyl (C=O) groups is 2. The van der Waals surface area contributed by atoms with Gasteiger partial charge in [0.25, 0.3) is 0 Å². The van der Waals surface area contributed by atoms with Crippen molar-refractivity contribution in [3.05, 3.63) is 34.9 Å². The van der Waals surface area contributed by atoms with Crippen molar-refractivity contribution in [2.45, 2.75) is 46.2 Å². The molecule has 0 aliphatic carbocycles. The molecule has 1 heterocycles. The van der Waals surface area contributed by atoms with Gasteiger partial charge in [-0.1, -0.05) is 23.8 Å². The number of likely N-dealkylation sites (tertiary alicyclic amines) is 1. The van der Waals surface area contributed by atoms with Gasteiger partial charge >= 0.3 is 0 Å². The van der Waals surface area contributed by atoms with Crippen LogP contribution >= 0.6 is 0 Å². The van der Waals surface area contributed by atoms with Crippen LogP contribution in [0.1, 0.15) is 43.0 Å². The predicted molar refractivity (Wildman–Crippen MR) is 78.3 cm³/mol. The summed E-state index contributed by atoms with van der Waals surface area (Å²) in [5.74, 6) is -0.183. The van der Waals surface area contributed by atoms with Crippen LogP contribution in [-0.2, 0) is 9.59 Å². The molecule has 2 rings (SSSR count). The van der Waals surface area contributed by atoms with Gasteiger partial charge in [0.05, 0.1) is 12.5 Å². The molecule has 1 aliphatic heterocycles. The van der Waals surface area contributed by atoms with Gasteiger partial charge in [-0.15, -0.1) is 0 Å². The lowest BCUT2D eigenvalue weighted by Gasteiger charge is -2.20. The molecule has 1 aromatic carbocycles. The van der Waals surface area contributed by atoms with E-state index in [1.165, 1.54) is 21.6 Å². The van der Waals surface area contributed by atoms with Gasteiger partial charge in [0.1, 0.15) is 0 Å². The Kier molecular flexibility index (Phi) is 4.23. The highest BCUT2D eigenvalue weighted by molar-refractivity contribution is 6.05. The third-order valence-corrected chi connectivity index (χ3v) is 3.90. The van der Waals surface area contributed by atoms with Crippen molar-refractivity contribution in [3.8, 4) is 0 Å². The Morgan fingerprint density at radius 3 is 2.60 bits per heavy atom. The van der Waals surface area contributed by atoms with Crippen LogP contribution in [0.3, 0.4) is 0 Å². The number of hydrogen-bond acceptors (Lipinski definition) is 3. The maximum atomic E-state index is 12.1. The molecule has 0 saturated carbocycles. The number of imide groups is 1. The van der Waals surface area contributed by atoms with Crippen molar-refractivity contribution in [3.63, 3.8) is 0 Å². The zero-order valence-corrected chi connectivity index (χ0v) is 12.6. The molecule has 1 saturated heterocycles. The minimum absolute atomic E-state index is 0.0501. The number of benzene rings is 1. The first-order valence-corrected chi connectivity index (χ1v) is 7.11. The summed E-state index contributed by atoms with van der Waals surface area (Å²) < 4.78 is 0. The monoisotopic (exact) mass is 274 g/mol. The number of hydrogen-bond donors (Lipinski definition) is 1. The molecule has 2 amide bonds. The quantitative estimate of drug-likeness (QED) is 0.855. The van der Waals surface area contributed by atoms with E-state index >= 15 is 0 Å². The lowest BCUT2D eigenvalue weighted by Crippen LogP contribution is -2.39. The Morgan fingerprint density at radius 2 is 2.05 bits per heavy atom. The summed E-state index contributed by atoms with van der Waals surface area (Å²) >= 11 is 0. The molecular formula is C16H22N2O2. The van der Waals surface area contributed by atoms with Gasteiger partial charge in [-0.3, -0.25) is 19.8 Å². The van der Waals surface area contributed by atoms with Crippen molar-refractivity contribution >= 4 is 11.8 Å². The second-order valence-corrected chi connectivity index (χ2v) is 5.48. The Bertz CT molecular complexity index is 539. The van der Waals surface area contributed by atoms with E-state index in [1.54, 1.807) is 0 Å². The molecule has 0 spiro atoms. The van der Waals surface area contributed by atoms with Crippen LogP contribution in [0.4, 0.5) is 0 Å². The van der Waals surface area contributed by atoms with Gasteiger partial charge in [0.15, 0.2) is 0 Å². The topological polar surface area (TPSA) is 49.4 Å². The van der Waals surface area contributed by atoms with Crippen molar-refractivity contribution in [2.75, 3.05) is 6.54 Å². The zero-order valence-electron chi connectivity index (χ0n) is 12.6. The van der Waals surface area contributed by atoms with Crippen molar-refractivity contribution in [1.29, 1.82) is 0 Å². The van der Waals surface area contributed by atoms with Gasteiger partial charge in [0, 0.05) is 12.6 Å². The summed E-state index contributed by atoms with van der Waals surface area (Å²) in [6, 6.07) is 5.95. The van der Waals surface area contributed by atoms with Gasteiger partial charge in [-0.05, 0) is 38.8 Å². The molecular weight excluding hydrogens is 252 g/mol. The molecule has 1 aliphatic rings. The summed E-state index contributed by atoms with van der Waals surface area (Å²) in [7, 11) is 0. The smallest absolute Gasteiger partial charge is 0.246 e. The summed E-state index contributed by atoms with van der Waals surface area (Å²) in [5.41, 5.74) is 3.60. The van der Waals surface area contributed by atoms with Gasteiger partial charge in [-0.25, -0.2) is 0 Å². The van der Waals surface area contributed by atoms with E-state index in [0.29, 0.717) is 6.54 Å². The van der Waals surface area contributed by atoms with Crippen LogP contribution in [0, 0.1) is 13.8 Å². The molecule has 2 unspecified atom stereocenters. The van der Waals surface area contributed by atoms with Gasteiger partial charge in [-0.2, -0.15) is 0 Å². The molecule has 0 aromatic heterocycles. The fourth-order valence-electron chi connectivity index (χ4n) is 2.85. The van der Waals surface area contributed by atoms with E-state index in [-0.39, 0.29) is 24.3 Å². The van der Waals surface area contributed by atoms with Crippen molar-refractivity contribution < 1.29 is 9.59 Å². The maximum Gasteiger partial charge on any atom is 0.246 e. The molecule has 0 bridgehead atoms. The number of carbonyl (C=O) groups excluding carboxylic acids is 2. The van der Waals surface area contributed by atoms with Crippen LogP contribution in [-0.4, -0.2) is 29.3 Å². The second kappa shape index (κ2) is 5.75. The number of amides is 2. The number of aryl methyl sites for hydroxylation is 2. The molecule has 108 valence electrons. The highest BCUT2D eigenvalue weighted by Gasteiger charge is 2.38. The summed E-state index contributed by atoms with van der Waals surface area (Å²) in [5, 5.41) is 3.29. The van der Waals surface area contributed by atoms with Crippen LogP contribution < -0.4 is 5.32 Å². The Morgan fingerprint density at radius 1 is 1.35 bits per heavy atom. The fraction of sp³-hybridized carbons (Fsp3) is 0.500. The standard InChI is InChI=1S/C16H22N2O2/c1-5-18-15(19)9-14(16(18)20)17-12(4)13-7-6-10(2)8-11(13)3/h6-8,12,14,17H,5,9H2,1-4H3. The van der Waals surface area contributed by atoms with Gasteiger partial charge < -0.3 is 0 Å². The molecule has 20 heavy (non-hydrogen) atoms. The first kappa shape index (κ1) is 14.7. The Labute approximate surface area is 120 Å². The van der Waals surface area contributed by atoms with E-state index in [9.17, 15) is 9.59 Å². The summed E-state index contributed by atoms with van der Waals surface area (Å²) in [6.07, 6.45) is 0.266. The first-order chi connectivity index (χ1) is 9.43. The third kappa shape index (κ3) is 2.75. The van der Waals surface area contributed by atoms with Gasteiger partial charge in [0.2, 0.25) is 11.8 Å². The van der Waals surface area contributed by atoms with E-state index in [2.05, 4.69) is 37.4 Å². The van der Waals surface area contributed by atoms with Crippen LogP contribution in [0.2, 0.25) is 0 Å². The highest BCUT2D eigenvalue weighted by Crippen LogP contribution is 2.21. The molecule has 2 atom stereocenters. The number of likely N-dealkylation sites (N-methyl/N-ethyl adjacent to an activating group) is 1. The molecule has 1 N–H and O–H groups in total. The zero-order chi connectivity index (χ0) is 14.9. The second-order valence-electron chi connectivity index (χ2n) is 5.48. The maximum absolute atomic E-state index is 12.1. The van der Waals surface area contributed by atoms with Crippen LogP contribution in [0.25, 0.3) is 0 Å². The molecule has 1 fully saturated rings. The van der Waals surface area contributed by atoms with E-state index in [1.807, 2.05) is 13.8 Å². The lowest BCUT2D eigenvalue weighted by molar-refractivity contribution is -0.138. The van der Waals surface area contributed by atoms with Crippen molar-refractivity contribution in [2.24, 2.45) is 0 Å². The number of rotatable bonds is 4. The SMILES string of the molecule is CCN1C(=O)CC(NC(C)c2ccc(C)cc2C)C1=O. The lowest BCUT2D eigenvalue weighted by atomic mass is 9.99. The summed E-state index contributed by atoms with van der Waals surface area (Å²) in [6.45, 7) is 8.44. The number of nitrogens with zero attached hydrogens (tertiary/aromatic N) is 1. The largest absolute Gasteiger partial charge is 0.299 e. The average molecular weight is 274 g/mol. The molecule has 1 aromatic rings. The van der Waals surface area contributed by atoms with E-state index in [4.69, 9.17) is 0 Å². The van der Waals surface area contributed by atoms with Crippen LogP contribution in [0.5, 0.6) is 0 Å². The minimum atomic E-state index is -0.391. The number of nitrogens with one attached hydrogen (secondary N) is 1. The average Bonchev–Trinajstić information content (AvgIpc) is 2.63. The summed E-state index contributed by atoms with van der Waals surface area (Å²) in [4.78, 5) is 25.1. The van der Waals surface area contributed by atoms with E-state index in [0.717, 1.165) is 0 Å². The van der Waals surface area contributed by atoms with Crippen LogP contribution in [0.15, 0.2) is 18.2 Å². The van der Waals surface area contributed by atoms with Crippen molar-refractivity contribution in [1.82, 2.24) is 10.2 Å². The molecule has 4 nitrogen and oxygen atoms in total. The molecule has 4 heteroatoms. The van der Waals surface area contributed by atoms with E-state index < -0.39 is 6.04 Å². The minimum Gasteiger partial charge on any atom is -0.299 e. The Balaban J connectivity index is 2.10. The fourth-order valence-corrected chi connectivity index (χ4v) is 2.85. The third-order valence-electron chi connectivity index (χ3n) is 3.90. The highest BCUT2D eigenvalue weighted by atomic mass is 16.2.